The third-order valence-corrected chi connectivity index (χ3v) is 5.55. The van der Waals surface area contributed by atoms with Gasteiger partial charge in [0.15, 0.2) is 13.1 Å². The predicted molar refractivity (Wildman–Crippen MR) is 119 cm³/mol. The highest BCUT2D eigenvalue weighted by Crippen LogP contribution is 2.13. The second kappa shape index (κ2) is 18.8. The van der Waals surface area contributed by atoms with Crippen LogP contribution < -0.4 is 5.11 Å². The Morgan fingerprint density at radius 3 is 1.52 bits per heavy atom. The van der Waals surface area contributed by atoms with Crippen molar-refractivity contribution < 1.29 is 34.2 Å². The molecule has 7 nitrogen and oxygen atoms in total. The van der Waals surface area contributed by atoms with Gasteiger partial charge in [-0.05, 0) is 38.5 Å². The maximum atomic E-state index is 11.1. The van der Waals surface area contributed by atoms with E-state index >= 15 is 0 Å². The molecule has 0 aliphatic carbocycles. The third-order valence-electron chi connectivity index (χ3n) is 5.55. The molecule has 180 valence electrons. The van der Waals surface area contributed by atoms with Crippen LogP contribution in [0.5, 0.6) is 0 Å². The molecule has 0 aliphatic rings. The molecule has 0 rings (SSSR count). The van der Waals surface area contributed by atoms with Crippen molar-refractivity contribution in [2.24, 2.45) is 0 Å². The predicted octanol–water partition coefficient (Wildman–Crippen LogP) is 3.76. The number of hydrogen-bond acceptors (Lipinski definition) is 4. The van der Waals surface area contributed by atoms with E-state index in [9.17, 15) is 19.5 Å². The lowest BCUT2D eigenvalue weighted by Gasteiger charge is -2.36. The van der Waals surface area contributed by atoms with E-state index in [0.29, 0.717) is 6.42 Å². The van der Waals surface area contributed by atoms with E-state index in [1.165, 1.54) is 44.9 Å². The van der Waals surface area contributed by atoms with Gasteiger partial charge in [-0.3, -0.25) is 0 Å². The first kappa shape index (κ1) is 29.1. The molecular formula is C24H43NO6. The standard InChI is InChI=1S/C24H43NO6/c1-2-3-4-5-6-7-8-9-10-11-12-13-14-15-16-17-18-25(19-22(26)27,20-23(28)29)21-24(30)31/h9-10H,2-8,11-21H2,1H3,(H2-,26,27,28,29,30,31)/b10-9+. The second-order valence-electron chi connectivity index (χ2n) is 8.64. The average Bonchev–Trinajstić information content (AvgIpc) is 2.66. The number of unbranched alkanes of at least 4 members (excludes halogenated alkanes) is 12. The first-order valence-corrected chi connectivity index (χ1v) is 11.9. The fourth-order valence-electron chi connectivity index (χ4n) is 3.95. The summed E-state index contributed by atoms with van der Waals surface area (Å²) in [6, 6.07) is 0. The van der Waals surface area contributed by atoms with Gasteiger partial charge in [0.1, 0.15) is 6.54 Å². The fraction of sp³-hybridized carbons (Fsp3) is 0.792. The fourth-order valence-corrected chi connectivity index (χ4v) is 3.95. The number of carbonyl (C=O) groups is 3. The molecule has 7 heteroatoms. The van der Waals surface area contributed by atoms with Gasteiger partial charge >= 0.3 is 11.9 Å². The van der Waals surface area contributed by atoms with E-state index < -0.39 is 42.0 Å². The number of quaternary nitrogens is 1. The lowest BCUT2D eigenvalue weighted by atomic mass is 10.1. The normalized spacial score (nSPS) is 11.8. The molecule has 0 unspecified atom stereocenters. The van der Waals surface area contributed by atoms with Crippen molar-refractivity contribution in [1.29, 1.82) is 0 Å². The van der Waals surface area contributed by atoms with Crippen molar-refractivity contribution in [3.63, 3.8) is 0 Å². The highest BCUT2D eigenvalue weighted by atomic mass is 16.4. The van der Waals surface area contributed by atoms with E-state index in [-0.39, 0.29) is 6.54 Å². The number of carboxylic acid groups (broad SMARTS) is 3. The van der Waals surface area contributed by atoms with E-state index in [2.05, 4.69) is 19.1 Å². The van der Waals surface area contributed by atoms with Gasteiger partial charge in [0.2, 0.25) is 0 Å². The van der Waals surface area contributed by atoms with Gasteiger partial charge in [0.05, 0.1) is 12.5 Å². The van der Waals surface area contributed by atoms with Gasteiger partial charge in [0.25, 0.3) is 0 Å². The second-order valence-corrected chi connectivity index (χ2v) is 8.64. The van der Waals surface area contributed by atoms with Gasteiger partial charge in [0, 0.05) is 0 Å². The molecule has 0 aliphatic heterocycles. The van der Waals surface area contributed by atoms with Crippen molar-refractivity contribution in [2.75, 3.05) is 26.2 Å². The number of rotatable bonds is 22. The average molecular weight is 442 g/mol. The van der Waals surface area contributed by atoms with Gasteiger partial charge in [-0.15, -0.1) is 0 Å². The minimum atomic E-state index is -1.42. The van der Waals surface area contributed by atoms with Crippen molar-refractivity contribution in [2.45, 2.75) is 96.8 Å². The van der Waals surface area contributed by atoms with Crippen LogP contribution >= 0.6 is 0 Å². The molecule has 0 fully saturated rings. The highest BCUT2D eigenvalue weighted by Gasteiger charge is 2.33. The van der Waals surface area contributed by atoms with Crippen molar-refractivity contribution in [3.8, 4) is 0 Å². The quantitative estimate of drug-likeness (QED) is 0.150. The first-order chi connectivity index (χ1) is 14.8. The molecule has 0 atom stereocenters. The van der Waals surface area contributed by atoms with Crippen molar-refractivity contribution >= 4 is 17.9 Å². The third kappa shape index (κ3) is 18.6. The van der Waals surface area contributed by atoms with Crippen molar-refractivity contribution in [1.82, 2.24) is 0 Å². The summed E-state index contributed by atoms with van der Waals surface area (Å²) in [5.41, 5.74) is 0. The highest BCUT2D eigenvalue weighted by molar-refractivity contribution is 5.72. The molecule has 0 bridgehead atoms. The Labute approximate surface area is 187 Å². The number of hydrogen-bond donors (Lipinski definition) is 2. The Bertz CT molecular complexity index is 491. The smallest absolute Gasteiger partial charge is 0.359 e. The number of carboxylic acids is 3. The van der Waals surface area contributed by atoms with Gasteiger partial charge in [-0.2, -0.15) is 0 Å². The summed E-state index contributed by atoms with van der Waals surface area (Å²) in [5, 5.41) is 29.2. The minimum absolute atomic E-state index is 0.216. The molecule has 0 spiro atoms. The van der Waals surface area contributed by atoms with E-state index in [1.807, 2.05) is 0 Å². The summed E-state index contributed by atoms with van der Waals surface area (Å²) < 4.78 is -0.504. The molecule has 0 amide bonds. The molecule has 0 radical (unpaired) electrons. The lowest BCUT2D eigenvalue weighted by Crippen LogP contribution is -2.59. The van der Waals surface area contributed by atoms with Crippen LogP contribution in [0.2, 0.25) is 0 Å². The van der Waals surface area contributed by atoms with Crippen LogP contribution in [0, 0.1) is 0 Å². The van der Waals surface area contributed by atoms with Crippen LogP contribution in [-0.2, 0) is 14.4 Å². The van der Waals surface area contributed by atoms with E-state index in [1.54, 1.807) is 0 Å². The molecule has 0 saturated heterocycles. The summed E-state index contributed by atoms with van der Waals surface area (Å²) in [6.07, 6.45) is 20.5. The number of carbonyl (C=O) groups excluding carboxylic acids is 1. The minimum Gasteiger partial charge on any atom is -0.544 e. The van der Waals surface area contributed by atoms with Crippen LogP contribution in [0.4, 0.5) is 0 Å². The molecule has 0 saturated carbocycles. The Morgan fingerprint density at radius 1 is 0.677 bits per heavy atom. The van der Waals surface area contributed by atoms with E-state index in [4.69, 9.17) is 10.2 Å². The zero-order valence-corrected chi connectivity index (χ0v) is 19.4. The number of nitrogens with zero attached hydrogens (tertiary/aromatic N) is 1. The van der Waals surface area contributed by atoms with Gasteiger partial charge < -0.3 is 24.6 Å². The zero-order chi connectivity index (χ0) is 23.4. The molecule has 0 aromatic carbocycles. The van der Waals surface area contributed by atoms with Crippen LogP contribution in [0.15, 0.2) is 12.2 Å². The van der Waals surface area contributed by atoms with E-state index in [0.717, 1.165) is 38.5 Å². The lowest BCUT2D eigenvalue weighted by molar-refractivity contribution is -0.909. The molecule has 0 aromatic heterocycles. The van der Waals surface area contributed by atoms with Crippen LogP contribution in [-0.4, -0.2) is 58.8 Å². The summed E-state index contributed by atoms with van der Waals surface area (Å²) in [7, 11) is 0. The Hall–Kier alpha value is -1.89. The van der Waals surface area contributed by atoms with Crippen LogP contribution in [0.3, 0.4) is 0 Å². The largest absolute Gasteiger partial charge is 0.544 e. The zero-order valence-electron chi connectivity index (χ0n) is 19.4. The molecule has 31 heavy (non-hydrogen) atoms. The monoisotopic (exact) mass is 441 g/mol. The van der Waals surface area contributed by atoms with Crippen LogP contribution in [0.25, 0.3) is 0 Å². The Kier molecular flexibility index (Phi) is 17.7. The molecule has 0 aromatic rings. The Balaban J connectivity index is 3.92. The number of allylic oxidation sites excluding steroid dienone is 2. The maximum Gasteiger partial charge on any atom is 0.359 e. The van der Waals surface area contributed by atoms with Gasteiger partial charge in [-0.25, -0.2) is 9.59 Å². The summed E-state index contributed by atoms with van der Waals surface area (Å²) in [4.78, 5) is 33.3. The van der Waals surface area contributed by atoms with Crippen LogP contribution in [0.1, 0.15) is 96.8 Å². The molecule has 2 N–H and O–H groups in total. The summed E-state index contributed by atoms with van der Waals surface area (Å²) in [5.74, 6) is -3.83. The molecular weight excluding hydrogens is 398 g/mol. The van der Waals surface area contributed by atoms with Crippen molar-refractivity contribution in [3.05, 3.63) is 12.2 Å². The number of aliphatic carboxylic acids is 3. The summed E-state index contributed by atoms with van der Waals surface area (Å²) >= 11 is 0. The topological polar surface area (TPSA) is 115 Å². The maximum absolute atomic E-state index is 11.1. The first-order valence-electron chi connectivity index (χ1n) is 11.9. The SMILES string of the molecule is CCCCCCCC/C=C/CCCCCCCC[N+](CC(=O)[O-])(CC(=O)O)CC(=O)O. The Morgan fingerprint density at radius 2 is 1.10 bits per heavy atom. The summed E-state index contributed by atoms with van der Waals surface area (Å²) in [6.45, 7) is 0.811. The molecule has 0 heterocycles. The van der Waals surface area contributed by atoms with Gasteiger partial charge in [-0.1, -0.05) is 70.4 Å².